The molecule has 0 spiro atoms. The number of nitrogens with one attached hydrogen (secondary N) is 2. The Balaban J connectivity index is 1.35. The molecule has 3 fully saturated rings. The van der Waals surface area contributed by atoms with Crippen molar-refractivity contribution in [3.8, 4) is 0 Å². The van der Waals surface area contributed by atoms with Crippen LogP contribution in [0.5, 0.6) is 0 Å². The zero-order valence-corrected chi connectivity index (χ0v) is 22.7. The minimum absolute atomic E-state index is 0.0563. The van der Waals surface area contributed by atoms with Gasteiger partial charge in [0.25, 0.3) is 0 Å². The molecule has 8 nitrogen and oxygen atoms in total. The third-order valence-corrected chi connectivity index (χ3v) is 8.30. The molecule has 3 aliphatic rings. The number of carbonyl (C=O) groups excluding carboxylic acids is 2. The average Bonchev–Trinajstić information content (AvgIpc) is 3.35. The third kappa shape index (κ3) is 8.23. The number of halogens is 1. The summed E-state index contributed by atoms with van der Waals surface area (Å²) in [6.45, 7) is 3.58. The molecule has 0 radical (unpaired) electrons. The Bertz CT molecular complexity index is 881. The largest absolute Gasteiger partial charge is 0.453 e. The van der Waals surface area contributed by atoms with E-state index in [2.05, 4.69) is 15.4 Å². The van der Waals surface area contributed by atoms with Gasteiger partial charge < -0.3 is 29.7 Å². The van der Waals surface area contributed by atoms with Crippen molar-refractivity contribution < 1.29 is 23.8 Å². The zero-order chi connectivity index (χ0) is 26.0. The SMILES string of the molecule is COC(=O)NCCO[C@@H](c1cccc(Cl)c1)[C@@H]1CCCN(C(=O)OC2CNC[C@H]2CC2CCCCC2)C1. The van der Waals surface area contributed by atoms with Gasteiger partial charge >= 0.3 is 12.2 Å². The molecule has 9 heteroatoms. The van der Waals surface area contributed by atoms with E-state index in [4.69, 9.17) is 21.1 Å². The van der Waals surface area contributed by atoms with Gasteiger partial charge in [0.15, 0.2) is 0 Å². The predicted molar refractivity (Wildman–Crippen MR) is 143 cm³/mol. The van der Waals surface area contributed by atoms with Crippen LogP contribution < -0.4 is 10.6 Å². The summed E-state index contributed by atoms with van der Waals surface area (Å²) in [5, 5.41) is 6.74. The molecule has 2 N–H and O–H groups in total. The highest BCUT2D eigenvalue weighted by atomic mass is 35.5. The number of benzene rings is 1. The van der Waals surface area contributed by atoms with Crippen LogP contribution in [-0.4, -0.2) is 69.6 Å². The van der Waals surface area contributed by atoms with Gasteiger partial charge in [-0.3, -0.25) is 0 Å². The molecule has 37 heavy (non-hydrogen) atoms. The van der Waals surface area contributed by atoms with Crippen molar-refractivity contribution in [1.29, 1.82) is 0 Å². The topological polar surface area (TPSA) is 89.1 Å². The van der Waals surface area contributed by atoms with Crippen molar-refractivity contribution in [1.82, 2.24) is 15.5 Å². The number of rotatable bonds is 9. The van der Waals surface area contributed by atoms with E-state index in [1.165, 1.54) is 39.2 Å². The van der Waals surface area contributed by atoms with Crippen LogP contribution in [0.2, 0.25) is 5.02 Å². The number of hydrogen-bond acceptors (Lipinski definition) is 6. The fraction of sp³-hybridized carbons (Fsp3) is 0.714. The van der Waals surface area contributed by atoms with Crippen molar-refractivity contribution in [3.63, 3.8) is 0 Å². The molecule has 1 saturated carbocycles. The van der Waals surface area contributed by atoms with Crippen molar-refractivity contribution in [2.24, 2.45) is 17.8 Å². The first kappa shape index (κ1) is 28.0. The first-order valence-electron chi connectivity index (χ1n) is 13.9. The molecule has 1 aromatic carbocycles. The zero-order valence-electron chi connectivity index (χ0n) is 22.0. The normalized spacial score (nSPS) is 25.5. The van der Waals surface area contributed by atoms with Gasteiger partial charge in [-0.25, -0.2) is 9.59 Å². The van der Waals surface area contributed by atoms with Crippen LogP contribution >= 0.6 is 11.6 Å². The van der Waals surface area contributed by atoms with Gasteiger partial charge in [0.2, 0.25) is 0 Å². The molecule has 4 atom stereocenters. The fourth-order valence-electron chi connectivity index (χ4n) is 6.16. The molecule has 4 rings (SSSR count). The maximum atomic E-state index is 13.3. The van der Waals surface area contributed by atoms with Gasteiger partial charge in [0, 0.05) is 49.6 Å². The minimum Gasteiger partial charge on any atom is -0.453 e. The quantitative estimate of drug-likeness (QED) is 0.424. The molecule has 2 heterocycles. The fourth-order valence-corrected chi connectivity index (χ4v) is 6.36. The molecule has 0 aromatic heterocycles. The summed E-state index contributed by atoms with van der Waals surface area (Å²) < 4.78 is 17.0. The van der Waals surface area contributed by atoms with Crippen LogP contribution in [0.15, 0.2) is 24.3 Å². The molecule has 1 aliphatic carbocycles. The van der Waals surface area contributed by atoms with E-state index in [0.717, 1.165) is 43.8 Å². The Hall–Kier alpha value is -2.03. The first-order chi connectivity index (χ1) is 18.0. The monoisotopic (exact) mass is 535 g/mol. The summed E-state index contributed by atoms with van der Waals surface area (Å²) in [6.07, 6.45) is 8.60. The van der Waals surface area contributed by atoms with Gasteiger partial charge in [-0.15, -0.1) is 0 Å². The lowest BCUT2D eigenvalue weighted by Crippen LogP contribution is -2.44. The molecule has 2 aliphatic heterocycles. The van der Waals surface area contributed by atoms with Gasteiger partial charge in [-0.2, -0.15) is 0 Å². The summed E-state index contributed by atoms with van der Waals surface area (Å²) >= 11 is 6.29. The highest BCUT2D eigenvalue weighted by molar-refractivity contribution is 6.30. The summed E-state index contributed by atoms with van der Waals surface area (Å²) in [5.41, 5.74) is 0.971. The highest BCUT2D eigenvalue weighted by Gasteiger charge is 2.36. The van der Waals surface area contributed by atoms with E-state index in [0.29, 0.717) is 37.2 Å². The first-order valence-corrected chi connectivity index (χ1v) is 14.3. The van der Waals surface area contributed by atoms with E-state index in [1.54, 1.807) is 0 Å². The van der Waals surface area contributed by atoms with E-state index in [1.807, 2.05) is 29.2 Å². The lowest BCUT2D eigenvalue weighted by molar-refractivity contribution is -0.0197. The average molecular weight is 536 g/mol. The van der Waals surface area contributed by atoms with E-state index in [-0.39, 0.29) is 24.2 Å². The van der Waals surface area contributed by atoms with Crippen LogP contribution in [0, 0.1) is 17.8 Å². The number of likely N-dealkylation sites (tertiary alicyclic amines) is 1. The number of ether oxygens (including phenoxy) is 3. The second-order valence-corrected chi connectivity index (χ2v) is 11.1. The van der Waals surface area contributed by atoms with Gasteiger partial charge in [-0.1, -0.05) is 55.8 Å². The van der Waals surface area contributed by atoms with Crippen molar-refractivity contribution in [2.75, 3.05) is 46.4 Å². The molecule has 2 amide bonds. The Morgan fingerprint density at radius 1 is 1.16 bits per heavy atom. The second kappa shape index (κ2) is 14.2. The maximum absolute atomic E-state index is 13.3. The molecule has 1 unspecified atom stereocenters. The van der Waals surface area contributed by atoms with Gasteiger partial charge in [0.05, 0.1) is 19.8 Å². The molecule has 0 bridgehead atoms. The van der Waals surface area contributed by atoms with Crippen LogP contribution in [-0.2, 0) is 14.2 Å². The van der Waals surface area contributed by atoms with Crippen LogP contribution in [0.3, 0.4) is 0 Å². The van der Waals surface area contributed by atoms with Crippen LogP contribution in [0.25, 0.3) is 0 Å². The maximum Gasteiger partial charge on any atom is 0.410 e. The van der Waals surface area contributed by atoms with Crippen molar-refractivity contribution in [3.05, 3.63) is 34.9 Å². The Kier molecular flexibility index (Phi) is 10.8. The highest BCUT2D eigenvalue weighted by Crippen LogP contribution is 2.35. The lowest BCUT2D eigenvalue weighted by Gasteiger charge is -2.37. The number of nitrogens with zero attached hydrogens (tertiary/aromatic N) is 1. The Labute approximate surface area is 225 Å². The molecular formula is C28H42ClN3O5. The number of piperidine rings is 1. The Morgan fingerprint density at radius 2 is 2.00 bits per heavy atom. The van der Waals surface area contributed by atoms with E-state index in [9.17, 15) is 9.59 Å². The lowest BCUT2D eigenvalue weighted by atomic mass is 9.82. The van der Waals surface area contributed by atoms with Crippen molar-refractivity contribution >= 4 is 23.8 Å². The summed E-state index contributed by atoms with van der Waals surface area (Å²) in [5.74, 6) is 1.26. The molecular weight excluding hydrogens is 494 g/mol. The van der Waals surface area contributed by atoms with Crippen molar-refractivity contribution in [2.45, 2.75) is 63.6 Å². The summed E-state index contributed by atoms with van der Waals surface area (Å²) in [7, 11) is 1.33. The summed E-state index contributed by atoms with van der Waals surface area (Å²) in [6, 6.07) is 7.67. The molecule has 2 saturated heterocycles. The Morgan fingerprint density at radius 3 is 2.78 bits per heavy atom. The van der Waals surface area contributed by atoms with E-state index < -0.39 is 6.09 Å². The predicted octanol–water partition coefficient (Wildman–Crippen LogP) is 5.16. The number of amides is 2. The standard InChI is InChI=1S/C28H42ClN3O5/c1-35-27(33)31-12-14-36-26(21-9-5-11-24(29)16-21)22-10-6-13-32(19-22)28(34)37-25-18-30-17-23(25)15-20-7-3-2-4-8-20/h5,9,11,16,20,22-23,25-26,30H,2-4,6-8,10,12-15,17-19H2,1H3,(H,31,33)/t22-,23-,25?,26+/m1/s1. The number of alkyl carbamates (subject to hydrolysis) is 1. The number of methoxy groups -OCH3 is 1. The summed E-state index contributed by atoms with van der Waals surface area (Å²) in [4.78, 5) is 26.5. The van der Waals surface area contributed by atoms with Gasteiger partial charge in [-0.05, 0) is 42.9 Å². The van der Waals surface area contributed by atoms with E-state index >= 15 is 0 Å². The van der Waals surface area contributed by atoms with Crippen LogP contribution in [0.4, 0.5) is 9.59 Å². The third-order valence-electron chi connectivity index (χ3n) is 8.07. The smallest absolute Gasteiger partial charge is 0.410 e. The minimum atomic E-state index is -0.488. The van der Waals surface area contributed by atoms with Gasteiger partial charge in [0.1, 0.15) is 6.10 Å². The molecule has 206 valence electrons. The second-order valence-electron chi connectivity index (χ2n) is 10.7. The van der Waals surface area contributed by atoms with Crippen LogP contribution in [0.1, 0.15) is 63.0 Å². The number of hydrogen-bond donors (Lipinski definition) is 2. The molecule has 1 aromatic rings. The number of carbonyl (C=O) groups is 2.